The first-order chi connectivity index (χ1) is 9.49. The fraction of sp³-hybridized carbons (Fsp3) is 0.600. The van der Waals surface area contributed by atoms with Crippen LogP contribution in [0.1, 0.15) is 31.4 Å². The highest BCUT2D eigenvalue weighted by atomic mass is 35.5. The first-order valence-electron chi connectivity index (χ1n) is 7.04. The molecule has 1 N–H and O–H groups in total. The van der Waals surface area contributed by atoms with E-state index in [1.807, 2.05) is 6.92 Å². The van der Waals surface area contributed by atoms with Gasteiger partial charge in [0, 0.05) is 23.2 Å². The predicted molar refractivity (Wildman–Crippen MR) is 83.1 cm³/mol. The zero-order chi connectivity index (χ0) is 14.7. The van der Waals surface area contributed by atoms with Crippen LogP contribution >= 0.6 is 23.2 Å². The minimum atomic E-state index is -0.419. The molecule has 1 aromatic carbocycles. The van der Waals surface area contributed by atoms with Gasteiger partial charge in [0.05, 0.1) is 5.02 Å². The van der Waals surface area contributed by atoms with Gasteiger partial charge < -0.3 is 10.2 Å². The first kappa shape index (κ1) is 16.0. The van der Waals surface area contributed by atoms with Crippen LogP contribution in [0.25, 0.3) is 0 Å². The van der Waals surface area contributed by atoms with Crippen LogP contribution in [-0.4, -0.2) is 31.6 Å². The second kappa shape index (κ2) is 7.08. The highest BCUT2D eigenvalue weighted by molar-refractivity contribution is 6.36. The molecule has 0 aromatic heterocycles. The Labute approximate surface area is 130 Å². The van der Waals surface area contributed by atoms with Crippen molar-refractivity contribution in [3.8, 4) is 0 Å². The Kier molecular flexibility index (Phi) is 5.67. The quantitative estimate of drug-likeness (QED) is 0.840. The summed E-state index contributed by atoms with van der Waals surface area (Å²) in [6.45, 7) is 5.14. The average Bonchev–Trinajstić information content (AvgIpc) is 2.41. The number of rotatable bonds is 4. The third kappa shape index (κ3) is 3.85. The standard InChI is InChI=1S/C15H21Cl2FN2/c1-10(14-12(16)5-6-13(18)15(14)17)19-8-11-4-3-7-20(2)9-11/h5-6,10-11,19H,3-4,7-9H2,1-2H3. The van der Waals surface area contributed by atoms with Gasteiger partial charge >= 0.3 is 0 Å². The van der Waals surface area contributed by atoms with Gasteiger partial charge in [0.15, 0.2) is 0 Å². The van der Waals surface area contributed by atoms with Crippen LogP contribution in [0, 0.1) is 11.7 Å². The predicted octanol–water partition coefficient (Wildman–Crippen LogP) is 4.12. The van der Waals surface area contributed by atoms with E-state index in [0.29, 0.717) is 16.5 Å². The van der Waals surface area contributed by atoms with Crippen molar-refractivity contribution in [3.63, 3.8) is 0 Å². The number of nitrogens with one attached hydrogen (secondary N) is 1. The second-order valence-electron chi connectivity index (χ2n) is 5.66. The van der Waals surface area contributed by atoms with Crippen LogP contribution in [0.5, 0.6) is 0 Å². The first-order valence-corrected chi connectivity index (χ1v) is 7.80. The van der Waals surface area contributed by atoms with E-state index in [2.05, 4.69) is 17.3 Å². The smallest absolute Gasteiger partial charge is 0.142 e. The van der Waals surface area contributed by atoms with Crippen LogP contribution in [0.2, 0.25) is 10.0 Å². The largest absolute Gasteiger partial charge is 0.310 e. The summed E-state index contributed by atoms with van der Waals surface area (Å²) in [5, 5.41) is 4.07. The third-order valence-corrected chi connectivity index (χ3v) is 4.66. The fourth-order valence-corrected chi connectivity index (χ4v) is 3.52. The Morgan fingerprint density at radius 3 is 2.90 bits per heavy atom. The lowest BCUT2D eigenvalue weighted by Gasteiger charge is -2.31. The molecule has 1 aliphatic heterocycles. The van der Waals surface area contributed by atoms with Gasteiger partial charge in [-0.15, -0.1) is 0 Å². The van der Waals surface area contributed by atoms with Crippen LogP contribution in [0.4, 0.5) is 4.39 Å². The summed E-state index contributed by atoms with van der Waals surface area (Å²) in [5.41, 5.74) is 0.650. The number of likely N-dealkylation sites (tertiary alicyclic amines) is 1. The van der Waals surface area contributed by atoms with Crippen molar-refractivity contribution in [2.24, 2.45) is 5.92 Å². The normalized spacial score (nSPS) is 21.9. The van der Waals surface area contributed by atoms with Gasteiger partial charge in [-0.3, -0.25) is 0 Å². The van der Waals surface area contributed by atoms with Gasteiger partial charge in [-0.05, 0) is 58.0 Å². The number of piperidine rings is 1. The van der Waals surface area contributed by atoms with Crippen molar-refractivity contribution in [2.75, 3.05) is 26.7 Å². The molecule has 20 heavy (non-hydrogen) atoms. The van der Waals surface area contributed by atoms with Crippen molar-refractivity contribution >= 4 is 23.2 Å². The molecule has 0 bridgehead atoms. The summed E-state index contributed by atoms with van der Waals surface area (Å²) < 4.78 is 13.5. The van der Waals surface area contributed by atoms with Crippen LogP contribution < -0.4 is 5.32 Å². The Balaban J connectivity index is 1.98. The number of halogens is 3. The maximum absolute atomic E-state index is 13.5. The van der Waals surface area contributed by atoms with E-state index in [1.54, 1.807) is 6.07 Å². The molecular weight excluding hydrogens is 298 g/mol. The van der Waals surface area contributed by atoms with E-state index >= 15 is 0 Å². The molecule has 0 spiro atoms. The van der Waals surface area contributed by atoms with Crippen LogP contribution in [0.15, 0.2) is 12.1 Å². The number of nitrogens with zero attached hydrogens (tertiary/aromatic N) is 1. The molecule has 2 unspecified atom stereocenters. The topological polar surface area (TPSA) is 15.3 Å². The molecular formula is C15H21Cl2FN2. The van der Waals surface area contributed by atoms with E-state index in [-0.39, 0.29) is 11.1 Å². The van der Waals surface area contributed by atoms with Crippen molar-refractivity contribution in [3.05, 3.63) is 33.6 Å². The summed E-state index contributed by atoms with van der Waals surface area (Å²) in [6, 6.07) is 2.81. The molecule has 112 valence electrons. The van der Waals surface area contributed by atoms with Gasteiger partial charge in [-0.1, -0.05) is 23.2 Å². The summed E-state index contributed by atoms with van der Waals surface area (Å²) in [7, 11) is 2.15. The van der Waals surface area contributed by atoms with E-state index in [9.17, 15) is 4.39 Å². The van der Waals surface area contributed by atoms with E-state index in [1.165, 1.54) is 25.5 Å². The minimum Gasteiger partial charge on any atom is -0.310 e. The Hall–Kier alpha value is -0.350. The molecule has 0 amide bonds. The molecule has 2 atom stereocenters. The molecule has 1 saturated heterocycles. The van der Waals surface area contributed by atoms with E-state index in [4.69, 9.17) is 23.2 Å². The molecule has 1 heterocycles. The molecule has 0 saturated carbocycles. The SMILES string of the molecule is CC(NCC1CCCN(C)C1)c1c(Cl)ccc(F)c1Cl. The molecule has 0 radical (unpaired) electrons. The van der Waals surface area contributed by atoms with Gasteiger partial charge in [-0.25, -0.2) is 4.39 Å². The molecule has 1 aliphatic rings. The summed E-state index contributed by atoms with van der Waals surface area (Å²) in [6.07, 6.45) is 2.47. The monoisotopic (exact) mass is 318 g/mol. The maximum atomic E-state index is 13.5. The van der Waals surface area contributed by atoms with Crippen LogP contribution in [0.3, 0.4) is 0 Å². The second-order valence-corrected chi connectivity index (χ2v) is 6.44. The molecule has 1 aromatic rings. The van der Waals surface area contributed by atoms with Crippen molar-refractivity contribution in [1.29, 1.82) is 0 Å². The van der Waals surface area contributed by atoms with Gasteiger partial charge in [0.1, 0.15) is 5.82 Å². The summed E-state index contributed by atoms with van der Waals surface area (Å²) in [5.74, 6) is 0.208. The highest BCUT2D eigenvalue weighted by Crippen LogP contribution is 2.32. The van der Waals surface area contributed by atoms with Gasteiger partial charge in [-0.2, -0.15) is 0 Å². The lowest BCUT2D eigenvalue weighted by Crippen LogP contribution is -2.38. The maximum Gasteiger partial charge on any atom is 0.142 e. The fourth-order valence-electron chi connectivity index (χ4n) is 2.83. The zero-order valence-corrected chi connectivity index (χ0v) is 13.4. The summed E-state index contributed by atoms with van der Waals surface area (Å²) in [4.78, 5) is 2.35. The molecule has 2 nitrogen and oxygen atoms in total. The molecule has 5 heteroatoms. The third-order valence-electron chi connectivity index (χ3n) is 3.95. The average molecular weight is 319 g/mol. The Morgan fingerprint density at radius 1 is 1.45 bits per heavy atom. The van der Waals surface area contributed by atoms with Crippen molar-refractivity contribution in [2.45, 2.75) is 25.8 Å². The number of hydrogen-bond acceptors (Lipinski definition) is 2. The Morgan fingerprint density at radius 2 is 2.20 bits per heavy atom. The lowest BCUT2D eigenvalue weighted by atomic mass is 9.97. The van der Waals surface area contributed by atoms with Crippen molar-refractivity contribution in [1.82, 2.24) is 10.2 Å². The molecule has 2 rings (SSSR count). The number of benzene rings is 1. The summed E-state index contributed by atoms with van der Waals surface area (Å²) >= 11 is 12.2. The van der Waals surface area contributed by atoms with Gasteiger partial charge in [0.2, 0.25) is 0 Å². The van der Waals surface area contributed by atoms with Crippen molar-refractivity contribution < 1.29 is 4.39 Å². The minimum absolute atomic E-state index is 0.0575. The Bertz CT molecular complexity index is 467. The number of hydrogen-bond donors (Lipinski definition) is 1. The van der Waals surface area contributed by atoms with E-state index in [0.717, 1.165) is 13.1 Å². The van der Waals surface area contributed by atoms with Gasteiger partial charge in [0.25, 0.3) is 0 Å². The molecule has 1 fully saturated rings. The van der Waals surface area contributed by atoms with Crippen LogP contribution in [-0.2, 0) is 0 Å². The molecule has 0 aliphatic carbocycles. The zero-order valence-electron chi connectivity index (χ0n) is 11.9. The lowest BCUT2D eigenvalue weighted by molar-refractivity contribution is 0.203. The highest BCUT2D eigenvalue weighted by Gasteiger charge is 2.20. The van der Waals surface area contributed by atoms with E-state index < -0.39 is 5.82 Å².